The molecule has 1 saturated heterocycles. The van der Waals surface area contributed by atoms with Crippen molar-refractivity contribution in [3.05, 3.63) is 58.1 Å². The molecule has 0 bridgehead atoms. The van der Waals surface area contributed by atoms with Crippen LogP contribution < -0.4 is 15.0 Å². The lowest BCUT2D eigenvalue weighted by atomic mass is 10.1. The average Bonchev–Trinajstić information content (AvgIpc) is 3.05. The molecule has 146 valence electrons. The number of benzene rings is 2. The van der Waals surface area contributed by atoms with Gasteiger partial charge in [-0.15, -0.1) is 0 Å². The number of nitrogens with zero attached hydrogens (tertiary/aromatic N) is 2. The highest BCUT2D eigenvalue weighted by Crippen LogP contribution is 2.30. The van der Waals surface area contributed by atoms with Crippen LogP contribution in [0.2, 0.25) is 0 Å². The molecule has 2 aromatic rings. The van der Waals surface area contributed by atoms with E-state index >= 15 is 0 Å². The zero-order chi connectivity index (χ0) is 20.3. The zero-order valence-corrected chi connectivity index (χ0v) is 15.7. The molecule has 0 radical (unpaired) electrons. The fourth-order valence-electron chi connectivity index (χ4n) is 3.14. The van der Waals surface area contributed by atoms with Crippen LogP contribution in [0.15, 0.2) is 42.5 Å². The molecule has 1 heterocycles. The first kappa shape index (κ1) is 19.3. The Morgan fingerprint density at radius 2 is 2.00 bits per heavy atom. The average molecular weight is 383 g/mol. The van der Waals surface area contributed by atoms with E-state index in [-0.39, 0.29) is 30.5 Å². The third-order valence-corrected chi connectivity index (χ3v) is 4.63. The van der Waals surface area contributed by atoms with Gasteiger partial charge in [0.2, 0.25) is 11.8 Å². The number of rotatable bonds is 6. The van der Waals surface area contributed by atoms with Gasteiger partial charge < -0.3 is 15.0 Å². The van der Waals surface area contributed by atoms with Crippen molar-refractivity contribution in [2.45, 2.75) is 20.3 Å². The van der Waals surface area contributed by atoms with Gasteiger partial charge in [-0.1, -0.05) is 6.07 Å². The maximum Gasteiger partial charge on any atom is 0.274 e. The first-order chi connectivity index (χ1) is 13.4. The van der Waals surface area contributed by atoms with Crippen LogP contribution >= 0.6 is 0 Å². The minimum Gasteiger partial charge on any atom is -0.494 e. The summed E-state index contributed by atoms with van der Waals surface area (Å²) >= 11 is 0. The number of amides is 2. The van der Waals surface area contributed by atoms with E-state index < -0.39 is 10.8 Å². The molecule has 28 heavy (non-hydrogen) atoms. The molecule has 0 unspecified atom stereocenters. The van der Waals surface area contributed by atoms with E-state index in [1.54, 1.807) is 43.3 Å². The van der Waals surface area contributed by atoms with Crippen LogP contribution in [0, 0.1) is 23.0 Å². The molecule has 1 N–H and O–H groups in total. The van der Waals surface area contributed by atoms with E-state index in [0.29, 0.717) is 29.3 Å². The summed E-state index contributed by atoms with van der Waals surface area (Å²) in [5, 5.41) is 13.9. The summed E-state index contributed by atoms with van der Waals surface area (Å²) in [5.41, 5.74) is 1.52. The third-order valence-electron chi connectivity index (χ3n) is 4.63. The number of anilines is 2. The molecule has 0 aromatic heterocycles. The molecule has 2 aromatic carbocycles. The fraction of sp³-hybridized carbons (Fsp3) is 0.300. The number of carbonyl (C=O) groups excluding carboxylic acids is 2. The van der Waals surface area contributed by atoms with Gasteiger partial charge in [-0.05, 0) is 44.2 Å². The summed E-state index contributed by atoms with van der Waals surface area (Å²) in [5.74, 6) is -0.310. The molecular formula is C20H21N3O5. The molecular weight excluding hydrogens is 362 g/mol. The van der Waals surface area contributed by atoms with Crippen molar-refractivity contribution < 1.29 is 19.2 Å². The van der Waals surface area contributed by atoms with E-state index in [0.717, 1.165) is 0 Å². The number of aryl methyl sites for hydroxylation is 1. The van der Waals surface area contributed by atoms with Crippen molar-refractivity contribution in [1.29, 1.82) is 0 Å². The first-order valence-electron chi connectivity index (χ1n) is 8.98. The van der Waals surface area contributed by atoms with Crippen molar-refractivity contribution in [2.75, 3.05) is 23.4 Å². The topological polar surface area (TPSA) is 102 Å². The van der Waals surface area contributed by atoms with Crippen LogP contribution in [-0.4, -0.2) is 29.9 Å². The van der Waals surface area contributed by atoms with Gasteiger partial charge in [0.15, 0.2) is 0 Å². The predicted octanol–water partition coefficient (Wildman–Crippen LogP) is 3.29. The summed E-state index contributed by atoms with van der Waals surface area (Å²) in [6, 6.07) is 11.6. The molecule has 1 fully saturated rings. The molecule has 0 spiro atoms. The van der Waals surface area contributed by atoms with Crippen molar-refractivity contribution in [1.82, 2.24) is 0 Å². The van der Waals surface area contributed by atoms with Gasteiger partial charge in [0.05, 0.1) is 23.1 Å². The smallest absolute Gasteiger partial charge is 0.274 e. The number of nitro benzene ring substituents is 1. The van der Waals surface area contributed by atoms with Crippen LogP contribution in [0.1, 0.15) is 18.9 Å². The van der Waals surface area contributed by atoms with Crippen LogP contribution in [0.25, 0.3) is 0 Å². The van der Waals surface area contributed by atoms with Crippen LogP contribution in [0.3, 0.4) is 0 Å². The molecule has 0 aliphatic carbocycles. The maximum atomic E-state index is 12.5. The molecule has 8 nitrogen and oxygen atoms in total. The number of hydrogen-bond donors (Lipinski definition) is 1. The van der Waals surface area contributed by atoms with Gasteiger partial charge in [0, 0.05) is 30.3 Å². The largest absolute Gasteiger partial charge is 0.494 e. The van der Waals surface area contributed by atoms with E-state index in [1.165, 1.54) is 11.0 Å². The second-order valence-electron chi connectivity index (χ2n) is 6.58. The van der Waals surface area contributed by atoms with E-state index in [4.69, 9.17) is 4.74 Å². The van der Waals surface area contributed by atoms with Crippen molar-refractivity contribution >= 4 is 28.9 Å². The van der Waals surface area contributed by atoms with Crippen LogP contribution in [-0.2, 0) is 9.59 Å². The Hall–Kier alpha value is -3.42. The predicted molar refractivity (Wildman–Crippen MR) is 105 cm³/mol. The van der Waals surface area contributed by atoms with E-state index in [1.807, 2.05) is 6.92 Å². The number of nitro groups is 1. The van der Waals surface area contributed by atoms with Gasteiger partial charge in [-0.2, -0.15) is 0 Å². The quantitative estimate of drug-likeness (QED) is 0.609. The maximum absolute atomic E-state index is 12.5. The summed E-state index contributed by atoms with van der Waals surface area (Å²) in [4.78, 5) is 37.0. The SMILES string of the molecule is CCOc1ccc(NC(=O)[C@@H]2CC(=O)N(c3ccc(C)c([N+](=O)[O-])c3)C2)cc1. The number of hydrogen-bond acceptors (Lipinski definition) is 5. The highest BCUT2D eigenvalue weighted by molar-refractivity contribution is 6.03. The van der Waals surface area contributed by atoms with Crippen molar-refractivity contribution in [2.24, 2.45) is 5.92 Å². The standard InChI is InChI=1S/C20H21N3O5/c1-3-28-17-8-5-15(6-9-17)21-20(25)14-10-19(24)22(12-14)16-7-4-13(2)18(11-16)23(26)27/h4-9,11,14H,3,10,12H2,1-2H3,(H,21,25)/t14-/m1/s1. The molecule has 1 aliphatic rings. The molecule has 3 rings (SSSR count). The number of ether oxygens (including phenoxy) is 1. The Morgan fingerprint density at radius 3 is 2.64 bits per heavy atom. The normalized spacial score (nSPS) is 16.1. The molecule has 1 aliphatic heterocycles. The van der Waals surface area contributed by atoms with Gasteiger partial charge in [-0.3, -0.25) is 19.7 Å². The Labute approximate surface area is 162 Å². The number of carbonyl (C=O) groups is 2. The van der Waals surface area contributed by atoms with Gasteiger partial charge in [0.1, 0.15) is 5.75 Å². The lowest BCUT2D eigenvalue weighted by Crippen LogP contribution is -2.28. The Kier molecular flexibility index (Phi) is 5.58. The molecule has 0 saturated carbocycles. The summed E-state index contributed by atoms with van der Waals surface area (Å²) in [7, 11) is 0. The summed E-state index contributed by atoms with van der Waals surface area (Å²) in [6.07, 6.45) is 0.0601. The second kappa shape index (κ2) is 8.08. The Morgan fingerprint density at radius 1 is 1.29 bits per heavy atom. The van der Waals surface area contributed by atoms with Gasteiger partial charge in [0.25, 0.3) is 5.69 Å². The fourth-order valence-corrected chi connectivity index (χ4v) is 3.14. The zero-order valence-electron chi connectivity index (χ0n) is 15.7. The highest BCUT2D eigenvalue weighted by Gasteiger charge is 2.35. The summed E-state index contributed by atoms with van der Waals surface area (Å²) in [6.45, 7) is 4.27. The minimum atomic E-state index is -0.528. The molecule has 1 atom stereocenters. The molecule has 8 heteroatoms. The number of nitrogens with one attached hydrogen (secondary N) is 1. The van der Waals surface area contributed by atoms with Gasteiger partial charge in [-0.25, -0.2) is 0 Å². The van der Waals surface area contributed by atoms with Crippen molar-refractivity contribution in [3.8, 4) is 5.75 Å². The van der Waals surface area contributed by atoms with Crippen LogP contribution in [0.4, 0.5) is 17.1 Å². The molecule has 2 amide bonds. The van der Waals surface area contributed by atoms with E-state index in [9.17, 15) is 19.7 Å². The third kappa shape index (κ3) is 4.11. The Balaban J connectivity index is 1.69. The first-order valence-corrected chi connectivity index (χ1v) is 8.98. The summed E-state index contributed by atoms with van der Waals surface area (Å²) < 4.78 is 5.37. The van der Waals surface area contributed by atoms with E-state index in [2.05, 4.69) is 5.32 Å². The van der Waals surface area contributed by atoms with Crippen LogP contribution in [0.5, 0.6) is 5.75 Å². The minimum absolute atomic E-state index is 0.0485. The van der Waals surface area contributed by atoms with Gasteiger partial charge >= 0.3 is 0 Å². The lowest BCUT2D eigenvalue weighted by Gasteiger charge is -2.17. The highest BCUT2D eigenvalue weighted by atomic mass is 16.6. The van der Waals surface area contributed by atoms with Crippen molar-refractivity contribution in [3.63, 3.8) is 0 Å². The lowest BCUT2D eigenvalue weighted by molar-refractivity contribution is -0.385. The Bertz CT molecular complexity index is 911. The second-order valence-corrected chi connectivity index (χ2v) is 6.58. The monoisotopic (exact) mass is 383 g/mol.